The highest BCUT2D eigenvalue weighted by Gasteiger charge is 2.37. The number of carbonyl (C=O) groups excluding carboxylic acids is 1. The Bertz CT molecular complexity index is 921. The van der Waals surface area contributed by atoms with Gasteiger partial charge in [0.25, 0.3) is 0 Å². The van der Waals surface area contributed by atoms with Gasteiger partial charge in [-0.15, -0.1) is 0 Å². The SMILES string of the molecule is O=C(CC(F)(F)F)N1CCC[C@@H](N2C=CC=NC2c2cnn3ccncc23)C1. The van der Waals surface area contributed by atoms with E-state index in [9.17, 15) is 18.0 Å². The van der Waals surface area contributed by atoms with E-state index in [1.54, 1.807) is 41.6 Å². The van der Waals surface area contributed by atoms with Crippen molar-refractivity contribution in [3.63, 3.8) is 0 Å². The molecule has 1 fully saturated rings. The summed E-state index contributed by atoms with van der Waals surface area (Å²) in [5, 5.41) is 4.32. The van der Waals surface area contributed by atoms with E-state index < -0.39 is 18.5 Å². The lowest BCUT2D eigenvalue weighted by Crippen LogP contribution is -2.49. The minimum absolute atomic E-state index is 0.128. The Morgan fingerprint density at radius 3 is 2.96 bits per heavy atom. The molecule has 0 aliphatic carbocycles. The van der Waals surface area contributed by atoms with Gasteiger partial charge in [-0.05, 0) is 18.9 Å². The Balaban J connectivity index is 1.56. The van der Waals surface area contributed by atoms with Crippen LogP contribution in [0, 0.1) is 0 Å². The maximum Gasteiger partial charge on any atom is 0.397 e. The van der Waals surface area contributed by atoms with Crippen LogP contribution in [0.5, 0.6) is 0 Å². The van der Waals surface area contributed by atoms with Crippen LogP contribution in [0.1, 0.15) is 31.0 Å². The van der Waals surface area contributed by atoms with E-state index in [4.69, 9.17) is 0 Å². The summed E-state index contributed by atoms with van der Waals surface area (Å²) in [6, 6.07) is -0.128. The third-order valence-electron chi connectivity index (χ3n) is 5.01. The van der Waals surface area contributed by atoms with E-state index in [1.807, 2.05) is 11.1 Å². The molecule has 2 atom stereocenters. The molecule has 0 radical (unpaired) electrons. The van der Waals surface area contributed by atoms with E-state index in [2.05, 4.69) is 15.1 Å². The van der Waals surface area contributed by atoms with E-state index >= 15 is 0 Å². The molecule has 7 nitrogen and oxygen atoms in total. The van der Waals surface area contributed by atoms with Gasteiger partial charge in [0.05, 0.1) is 17.9 Å². The summed E-state index contributed by atoms with van der Waals surface area (Å²) in [4.78, 5) is 24.0. The molecule has 2 aromatic rings. The number of allylic oxidation sites excluding steroid dienone is 1. The lowest BCUT2D eigenvalue weighted by molar-refractivity contribution is -0.162. The molecule has 0 saturated carbocycles. The highest BCUT2D eigenvalue weighted by atomic mass is 19.4. The van der Waals surface area contributed by atoms with Gasteiger partial charge >= 0.3 is 6.18 Å². The van der Waals surface area contributed by atoms with Crippen LogP contribution in [-0.4, -0.2) is 61.8 Å². The van der Waals surface area contributed by atoms with Crippen molar-refractivity contribution in [3.8, 4) is 0 Å². The number of piperidine rings is 1. The van der Waals surface area contributed by atoms with Gasteiger partial charge in [-0.3, -0.25) is 14.8 Å². The van der Waals surface area contributed by atoms with E-state index in [0.29, 0.717) is 13.0 Å². The quantitative estimate of drug-likeness (QED) is 0.805. The van der Waals surface area contributed by atoms with Gasteiger partial charge in [-0.25, -0.2) is 4.52 Å². The van der Waals surface area contributed by atoms with Gasteiger partial charge in [0, 0.05) is 49.5 Å². The molecule has 10 heteroatoms. The molecule has 2 aliphatic rings. The molecular weight excluding hydrogens is 373 g/mol. The number of halogens is 3. The van der Waals surface area contributed by atoms with Crippen molar-refractivity contribution in [2.24, 2.45) is 4.99 Å². The largest absolute Gasteiger partial charge is 0.397 e. The maximum absolute atomic E-state index is 12.6. The number of likely N-dealkylation sites (tertiary alicyclic amines) is 1. The number of hydrogen-bond acceptors (Lipinski definition) is 5. The van der Waals surface area contributed by atoms with Crippen LogP contribution in [0.25, 0.3) is 5.52 Å². The lowest BCUT2D eigenvalue weighted by Gasteiger charge is -2.42. The predicted octanol–water partition coefficient (Wildman–Crippen LogP) is 2.57. The van der Waals surface area contributed by atoms with Gasteiger partial charge in [0.15, 0.2) is 6.17 Å². The van der Waals surface area contributed by atoms with E-state index in [-0.39, 0.29) is 18.8 Å². The Kier molecular flexibility index (Phi) is 4.78. The molecule has 0 bridgehead atoms. The molecule has 1 unspecified atom stereocenters. The van der Waals surface area contributed by atoms with Crippen molar-refractivity contribution in [1.82, 2.24) is 24.4 Å². The third kappa shape index (κ3) is 3.71. The summed E-state index contributed by atoms with van der Waals surface area (Å²) in [5.74, 6) is -0.876. The van der Waals surface area contributed by atoms with E-state index in [1.165, 1.54) is 4.90 Å². The van der Waals surface area contributed by atoms with Gasteiger partial charge < -0.3 is 9.80 Å². The predicted molar refractivity (Wildman–Crippen MR) is 95.5 cm³/mol. The van der Waals surface area contributed by atoms with E-state index in [0.717, 1.165) is 17.5 Å². The van der Waals surface area contributed by atoms with Crippen molar-refractivity contribution in [2.45, 2.75) is 37.6 Å². The minimum atomic E-state index is -4.49. The second-order valence-corrected chi connectivity index (χ2v) is 6.89. The first-order valence-electron chi connectivity index (χ1n) is 9.01. The van der Waals surface area contributed by atoms with Crippen LogP contribution in [0.15, 0.2) is 42.1 Å². The molecule has 1 amide bonds. The van der Waals surface area contributed by atoms with Crippen LogP contribution in [-0.2, 0) is 4.79 Å². The zero-order valence-electron chi connectivity index (χ0n) is 15.0. The first-order valence-corrected chi connectivity index (χ1v) is 9.01. The molecule has 28 heavy (non-hydrogen) atoms. The summed E-state index contributed by atoms with van der Waals surface area (Å²) < 4.78 is 39.5. The monoisotopic (exact) mass is 392 g/mol. The minimum Gasteiger partial charge on any atom is -0.347 e. The number of carbonyl (C=O) groups is 1. The molecule has 0 spiro atoms. The molecule has 0 aromatic carbocycles. The summed E-state index contributed by atoms with van der Waals surface area (Å²) in [6.07, 6.45) is 7.29. The number of aliphatic imine (C=N–C) groups is 1. The number of nitrogens with zero attached hydrogens (tertiary/aromatic N) is 6. The topological polar surface area (TPSA) is 66.1 Å². The smallest absolute Gasteiger partial charge is 0.347 e. The molecular formula is C18H19F3N6O. The van der Waals surface area contributed by atoms with Crippen LogP contribution in [0.2, 0.25) is 0 Å². The van der Waals surface area contributed by atoms with Crippen molar-refractivity contribution in [1.29, 1.82) is 0 Å². The number of amides is 1. The first kappa shape index (κ1) is 18.5. The summed E-state index contributed by atoms with van der Waals surface area (Å²) >= 11 is 0. The molecule has 2 aromatic heterocycles. The van der Waals surface area contributed by atoms with Crippen LogP contribution >= 0.6 is 0 Å². The zero-order chi connectivity index (χ0) is 19.7. The Morgan fingerprint density at radius 2 is 2.14 bits per heavy atom. The van der Waals surface area contributed by atoms with Crippen molar-refractivity contribution >= 4 is 17.6 Å². The highest BCUT2D eigenvalue weighted by Crippen LogP contribution is 2.32. The van der Waals surface area contributed by atoms with Gasteiger partial charge in [-0.1, -0.05) is 0 Å². The maximum atomic E-state index is 12.6. The van der Waals surface area contributed by atoms with Crippen molar-refractivity contribution < 1.29 is 18.0 Å². The zero-order valence-corrected chi connectivity index (χ0v) is 15.0. The number of hydrogen-bond donors (Lipinski definition) is 0. The fraction of sp³-hybridized carbons (Fsp3) is 0.444. The van der Waals surface area contributed by atoms with Gasteiger partial charge in [0.1, 0.15) is 6.42 Å². The van der Waals surface area contributed by atoms with Crippen LogP contribution < -0.4 is 0 Å². The first-order chi connectivity index (χ1) is 13.4. The number of rotatable bonds is 3. The van der Waals surface area contributed by atoms with Crippen molar-refractivity contribution in [3.05, 3.63) is 42.6 Å². The molecule has 148 valence electrons. The van der Waals surface area contributed by atoms with Crippen LogP contribution in [0.3, 0.4) is 0 Å². The van der Waals surface area contributed by atoms with Crippen molar-refractivity contribution in [2.75, 3.05) is 13.1 Å². The average molecular weight is 392 g/mol. The Labute approximate surface area is 159 Å². The molecule has 4 heterocycles. The summed E-state index contributed by atoms with van der Waals surface area (Å²) in [6.45, 7) is 0.584. The molecule has 1 saturated heterocycles. The standard InChI is InChI=1S/C18H19F3N6O/c19-18(20,21)9-16(28)25-6-1-3-13(12-25)26-7-2-4-23-17(26)14-10-24-27-8-5-22-11-15(14)27/h2,4-5,7-8,10-11,13,17H,1,3,6,9,12H2/t13-,17?/m1/s1. The fourth-order valence-electron chi connectivity index (χ4n) is 3.75. The lowest BCUT2D eigenvalue weighted by atomic mass is 10.0. The van der Waals surface area contributed by atoms with Gasteiger partial charge in [-0.2, -0.15) is 18.3 Å². The Hall–Kier alpha value is -2.91. The van der Waals surface area contributed by atoms with Crippen LogP contribution in [0.4, 0.5) is 13.2 Å². The highest BCUT2D eigenvalue weighted by molar-refractivity contribution is 5.77. The summed E-state index contributed by atoms with van der Waals surface area (Å²) in [7, 11) is 0. The third-order valence-corrected chi connectivity index (χ3v) is 5.01. The normalized spacial score (nSPS) is 22.8. The number of fused-ring (bicyclic) bond motifs is 1. The van der Waals surface area contributed by atoms with Gasteiger partial charge in [0.2, 0.25) is 5.91 Å². The molecule has 0 N–H and O–H groups in total. The number of alkyl halides is 3. The second-order valence-electron chi connectivity index (χ2n) is 6.89. The second kappa shape index (κ2) is 7.25. The summed E-state index contributed by atoms with van der Waals surface area (Å²) in [5.41, 5.74) is 1.67. The average Bonchev–Trinajstić information content (AvgIpc) is 3.11. The molecule has 2 aliphatic heterocycles. The fourth-order valence-corrected chi connectivity index (χ4v) is 3.75. The Morgan fingerprint density at radius 1 is 1.29 bits per heavy atom. The molecule has 4 rings (SSSR count). The number of aromatic nitrogens is 3.